The number of carboxylic acid groups (broad SMARTS) is 1. The van der Waals surface area contributed by atoms with Crippen molar-refractivity contribution in [3.8, 4) is 11.6 Å². The monoisotopic (exact) mass is 266 g/mol. The zero-order valence-electron chi connectivity index (χ0n) is 10.4. The molecule has 0 aliphatic rings. The van der Waals surface area contributed by atoms with Gasteiger partial charge in [-0.3, -0.25) is 0 Å². The maximum Gasteiger partial charge on any atom is 0.341 e. The number of hydrogen-bond acceptors (Lipinski definition) is 4. The molecule has 98 valence electrons. The molecule has 0 bridgehead atoms. The van der Waals surface area contributed by atoms with E-state index in [1.54, 1.807) is 6.07 Å². The van der Waals surface area contributed by atoms with E-state index in [9.17, 15) is 4.79 Å². The number of hydrogen-bond donors (Lipinski definition) is 1. The highest BCUT2D eigenvalue weighted by Gasteiger charge is 2.14. The van der Waals surface area contributed by atoms with Gasteiger partial charge in [0, 0.05) is 5.39 Å². The molecular weight excluding hydrogens is 256 g/mol. The Bertz CT molecular complexity index is 781. The van der Waals surface area contributed by atoms with Gasteiger partial charge in [0.05, 0.1) is 6.20 Å². The Morgan fingerprint density at radius 2 is 1.85 bits per heavy atom. The van der Waals surface area contributed by atoms with Gasteiger partial charge in [0.15, 0.2) is 0 Å². The smallest absolute Gasteiger partial charge is 0.341 e. The molecule has 5 nitrogen and oxygen atoms in total. The van der Waals surface area contributed by atoms with E-state index in [2.05, 4.69) is 10.2 Å². The van der Waals surface area contributed by atoms with Crippen molar-refractivity contribution < 1.29 is 14.6 Å². The molecule has 5 heteroatoms. The van der Waals surface area contributed by atoms with Gasteiger partial charge in [-0.2, -0.15) is 5.10 Å². The van der Waals surface area contributed by atoms with Crippen LogP contribution in [-0.4, -0.2) is 21.3 Å². The van der Waals surface area contributed by atoms with Crippen LogP contribution in [0.25, 0.3) is 10.8 Å². The summed E-state index contributed by atoms with van der Waals surface area (Å²) in [6, 6.07) is 14.6. The Hall–Kier alpha value is -2.95. The predicted molar refractivity (Wildman–Crippen MR) is 73.0 cm³/mol. The summed E-state index contributed by atoms with van der Waals surface area (Å²) in [7, 11) is 0. The average molecular weight is 266 g/mol. The van der Waals surface area contributed by atoms with E-state index in [0.717, 1.165) is 10.8 Å². The van der Waals surface area contributed by atoms with Crippen LogP contribution in [0.2, 0.25) is 0 Å². The van der Waals surface area contributed by atoms with E-state index in [4.69, 9.17) is 9.84 Å². The third-order valence-electron chi connectivity index (χ3n) is 2.87. The van der Waals surface area contributed by atoms with Crippen LogP contribution in [0.3, 0.4) is 0 Å². The highest BCUT2D eigenvalue weighted by Crippen LogP contribution is 2.29. The van der Waals surface area contributed by atoms with Crippen LogP contribution < -0.4 is 4.74 Å². The van der Waals surface area contributed by atoms with Gasteiger partial charge in [-0.1, -0.05) is 36.4 Å². The summed E-state index contributed by atoms with van der Waals surface area (Å²) in [4.78, 5) is 11.1. The molecule has 1 N–H and O–H groups in total. The number of nitrogens with zero attached hydrogens (tertiary/aromatic N) is 2. The first-order valence-corrected chi connectivity index (χ1v) is 5.96. The Balaban J connectivity index is 2.08. The van der Waals surface area contributed by atoms with Crippen molar-refractivity contribution >= 4 is 16.7 Å². The fraction of sp³-hybridized carbons (Fsp3) is 0. The van der Waals surface area contributed by atoms with Gasteiger partial charge >= 0.3 is 5.97 Å². The molecule has 0 aliphatic carbocycles. The van der Waals surface area contributed by atoms with Crippen molar-refractivity contribution in [1.29, 1.82) is 0 Å². The van der Waals surface area contributed by atoms with Crippen LogP contribution in [-0.2, 0) is 0 Å². The first-order valence-electron chi connectivity index (χ1n) is 5.96. The number of aromatic nitrogens is 2. The van der Waals surface area contributed by atoms with Crippen LogP contribution in [0.15, 0.2) is 54.7 Å². The van der Waals surface area contributed by atoms with Crippen molar-refractivity contribution in [3.05, 3.63) is 60.3 Å². The molecule has 1 aromatic heterocycles. The molecule has 0 fully saturated rings. The molecule has 0 unspecified atom stereocenters. The number of fused-ring (bicyclic) bond motifs is 1. The summed E-state index contributed by atoms with van der Waals surface area (Å²) >= 11 is 0. The van der Waals surface area contributed by atoms with E-state index in [1.165, 1.54) is 12.3 Å². The average Bonchev–Trinajstić information content (AvgIpc) is 2.48. The standard InChI is InChI=1S/C15H10N2O3/c18-15(19)12-8-9-16-17-14(12)20-13-7-3-5-10-4-1-2-6-11(10)13/h1-9H,(H,18,19). The van der Waals surface area contributed by atoms with E-state index in [0.29, 0.717) is 5.75 Å². The minimum Gasteiger partial charge on any atom is -0.477 e. The van der Waals surface area contributed by atoms with Crippen LogP contribution in [0.4, 0.5) is 0 Å². The predicted octanol–water partition coefficient (Wildman–Crippen LogP) is 3.12. The molecule has 0 spiro atoms. The molecule has 0 atom stereocenters. The van der Waals surface area contributed by atoms with Crippen LogP contribution >= 0.6 is 0 Å². The molecule has 3 aromatic rings. The summed E-state index contributed by atoms with van der Waals surface area (Å²) in [5.74, 6) is -0.572. The molecule has 2 aromatic carbocycles. The van der Waals surface area contributed by atoms with Gasteiger partial charge in [-0.25, -0.2) is 4.79 Å². The van der Waals surface area contributed by atoms with Gasteiger partial charge in [-0.15, -0.1) is 5.10 Å². The molecule has 20 heavy (non-hydrogen) atoms. The Kier molecular flexibility index (Phi) is 3.01. The first kappa shape index (κ1) is 12.1. The summed E-state index contributed by atoms with van der Waals surface area (Å²) in [6.07, 6.45) is 1.32. The largest absolute Gasteiger partial charge is 0.477 e. The van der Waals surface area contributed by atoms with Crippen LogP contribution in [0.1, 0.15) is 10.4 Å². The normalized spacial score (nSPS) is 10.4. The maximum atomic E-state index is 11.1. The number of ether oxygens (including phenoxy) is 1. The van der Waals surface area contributed by atoms with E-state index in [1.807, 2.05) is 36.4 Å². The van der Waals surface area contributed by atoms with Gasteiger partial charge in [0.1, 0.15) is 11.3 Å². The molecule has 0 saturated carbocycles. The second kappa shape index (κ2) is 4.97. The highest BCUT2D eigenvalue weighted by atomic mass is 16.5. The lowest BCUT2D eigenvalue weighted by Gasteiger charge is -2.09. The first-order chi connectivity index (χ1) is 9.75. The number of carboxylic acids is 1. The minimum absolute atomic E-state index is 0.0173. The number of aromatic carboxylic acids is 1. The highest BCUT2D eigenvalue weighted by molar-refractivity contribution is 5.91. The molecule has 3 rings (SSSR count). The molecule has 0 saturated heterocycles. The summed E-state index contributed by atoms with van der Waals surface area (Å²) in [5, 5.41) is 18.4. The van der Waals surface area contributed by atoms with Crippen molar-refractivity contribution in [2.24, 2.45) is 0 Å². The Labute approximate surface area is 114 Å². The summed E-state index contributed by atoms with van der Waals surface area (Å²) in [6.45, 7) is 0. The van der Waals surface area contributed by atoms with Gasteiger partial charge in [-0.05, 0) is 17.5 Å². The van der Waals surface area contributed by atoms with Gasteiger partial charge in [0.2, 0.25) is 0 Å². The molecule has 0 aliphatic heterocycles. The van der Waals surface area contributed by atoms with Crippen molar-refractivity contribution in [2.75, 3.05) is 0 Å². The topological polar surface area (TPSA) is 72.3 Å². The van der Waals surface area contributed by atoms with Crippen LogP contribution in [0.5, 0.6) is 11.6 Å². The summed E-state index contributed by atoms with van der Waals surface area (Å²) in [5.41, 5.74) is -0.0204. The molecular formula is C15H10N2O3. The summed E-state index contributed by atoms with van der Waals surface area (Å²) < 4.78 is 5.63. The third-order valence-corrected chi connectivity index (χ3v) is 2.87. The van der Waals surface area contributed by atoms with Gasteiger partial charge < -0.3 is 9.84 Å². The maximum absolute atomic E-state index is 11.1. The number of carbonyl (C=O) groups is 1. The van der Waals surface area contributed by atoms with E-state index >= 15 is 0 Å². The fourth-order valence-corrected chi connectivity index (χ4v) is 1.95. The zero-order chi connectivity index (χ0) is 13.9. The lowest BCUT2D eigenvalue weighted by Crippen LogP contribution is -2.03. The van der Waals surface area contributed by atoms with Gasteiger partial charge in [0.25, 0.3) is 5.88 Å². The second-order valence-electron chi connectivity index (χ2n) is 4.13. The Morgan fingerprint density at radius 3 is 2.70 bits per heavy atom. The number of rotatable bonds is 3. The van der Waals surface area contributed by atoms with E-state index in [-0.39, 0.29) is 11.4 Å². The van der Waals surface area contributed by atoms with Crippen molar-refractivity contribution in [2.45, 2.75) is 0 Å². The third kappa shape index (κ3) is 2.16. The lowest BCUT2D eigenvalue weighted by molar-refractivity contribution is 0.0693. The quantitative estimate of drug-likeness (QED) is 0.788. The molecule has 0 radical (unpaired) electrons. The minimum atomic E-state index is -1.10. The SMILES string of the molecule is O=C(O)c1ccnnc1Oc1cccc2ccccc12. The molecule has 0 amide bonds. The zero-order valence-corrected chi connectivity index (χ0v) is 10.4. The van der Waals surface area contributed by atoms with E-state index < -0.39 is 5.97 Å². The van der Waals surface area contributed by atoms with Crippen molar-refractivity contribution in [3.63, 3.8) is 0 Å². The number of benzene rings is 2. The fourth-order valence-electron chi connectivity index (χ4n) is 1.95. The van der Waals surface area contributed by atoms with Crippen molar-refractivity contribution in [1.82, 2.24) is 10.2 Å². The lowest BCUT2D eigenvalue weighted by atomic mass is 10.1. The Morgan fingerprint density at radius 1 is 1.05 bits per heavy atom. The second-order valence-corrected chi connectivity index (χ2v) is 4.13. The van der Waals surface area contributed by atoms with Crippen LogP contribution in [0, 0.1) is 0 Å². The molecule has 1 heterocycles.